The van der Waals surface area contributed by atoms with Crippen LogP contribution in [0.2, 0.25) is 0 Å². The molecule has 0 bridgehead atoms. The molecule has 146 valence electrons. The molecule has 1 atom stereocenters. The zero-order chi connectivity index (χ0) is 19.8. The van der Waals surface area contributed by atoms with Gasteiger partial charge in [-0.1, -0.05) is 32.9 Å². The van der Waals surface area contributed by atoms with Crippen molar-refractivity contribution in [3.8, 4) is 0 Å². The first-order valence-electron chi connectivity index (χ1n) is 9.02. The number of nitrogens with zero attached hydrogens (tertiary/aromatic N) is 1. The van der Waals surface area contributed by atoms with Crippen molar-refractivity contribution >= 4 is 32.2 Å². The van der Waals surface area contributed by atoms with Gasteiger partial charge in [0.15, 0.2) is 15.0 Å². The number of nitrogens with one attached hydrogen (secondary N) is 2. The molecule has 0 spiro atoms. The number of rotatable bonds is 6. The first-order chi connectivity index (χ1) is 12.7. The molecule has 0 saturated heterocycles. The molecule has 0 unspecified atom stereocenters. The Morgan fingerprint density at radius 1 is 1.33 bits per heavy atom. The van der Waals surface area contributed by atoms with Crippen LogP contribution in [0.4, 0.5) is 5.13 Å². The van der Waals surface area contributed by atoms with Crippen LogP contribution >= 0.6 is 11.3 Å². The lowest BCUT2D eigenvalue weighted by Crippen LogP contribution is -2.39. The number of anilines is 1. The summed E-state index contributed by atoms with van der Waals surface area (Å²) in [4.78, 5) is 18.5. The fourth-order valence-corrected chi connectivity index (χ4v) is 5.00. The zero-order valence-electron chi connectivity index (χ0n) is 16.0. The number of amides is 1. The minimum atomic E-state index is -3.22. The second-order valence-electron chi connectivity index (χ2n) is 7.27. The average Bonchev–Trinajstić information content (AvgIpc) is 3.15. The summed E-state index contributed by atoms with van der Waals surface area (Å²) in [5, 5.41) is 7.00. The number of hydrogen-bond donors (Lipinski definition) is 2. The van der Waals surface area contributed by atoms with Gasteiger partial charge in [0.2, 0.25) is 5.91 Å². The first-order valence-corrected chi connectivity index (χ1v) is 11.5. The maximum Gasteiger partial charge on any atom is 0.230 e. The molecule has 6 nitrogen and oxygen atoms in total. The number of hydrogen-bond acceptors (Lipinski definition) is 6. The molecule has 1 aliphatic heterocycles. The third kappa shape index (κ3) is 3.93. The van der Waals surface area contributed by atoms with Crippen LogP contribution in [0.1, 0.15) is 43.8 Å². The van der Waals surface area contributed by atoms with Crippen LogP contribution in [0.5, 0.6) is 0 Å². The van der Waals surface area contributed by atoms with Gasteiger partial charge < -0.3 is 10.6 Å². The highest BCUT2D eigenvalue weighted by Crippen LogP contribution is 2.40. The van der Waals surface area contributed by atoms with Crippen LogP contribution in [0, 0.1) is 5.92 Å². The number of carbonyl (C=O) groups is 1. The van der Waals surface area contributed by atoms with Gasteiger partial charge in [-0.05, 0) is 30.5 Å². The molecule has 1 aromatic heterocycles. The Morgan fingerprint density at radius 2 is 2.00 bits per heavy atom. The van der Waals surface area contributed by atoms with E-state index in [9.17, 15) is 13.2 Å². The second kappa shape index (κ2) is 7.33. The molecule has 8 heteroatoms. The van der Waals surface area contributed by atoms with Gasteiger partial charge >= 0.3 is 0 Å². The number of carbonyl (C=O) groups excluding carboxylic acids is 1. The predicted octanol–water partition coefficient (Wildman–Crippen LogP) is 3.09. The van der Waals surface area contributed by atoms with Crippen LogP contribution < -0.4 is 10.6 Å². The van der Waals surface area contributed by atoms with Crippen LogP contribution in [-0.2, 0) is 33.1 Å². The highest BCUT2D eigenvalue weighted by atomic mass is 32.2. The fourth-order valence-electron chi connectivity index (χ4n) is 3.09. The normalized spacial score (nSPS) is 19.3. The Kier molecular flexibility index (Phi) is 5.42. The largest absolute Gasteiger partial charge is 0.302 e. The number of aromatic nitrogens is 1. The summed E-state index contributed by atoms with van der Waals surface area (Å²) in [5.74, 6) is 0.293. The van der Waals surface area contributed by atoms with Gasteiger partial charge in [0.25, 0.3) is 0 Å². The van der Waals surface area contributed by atoms with Gasteiger partial charge in [0.05, 0.1) is 28.3 Å². The van der Waals surface area contributed by atoms with Gasteiger partial charge in [-0.25, -0.2) is 13.4 Å². The molecule has 27 heavy (non-hydrogen) atoms. The van der Waals surface area contributed by atoms with Crippen molar-refractivity contribution in [1.82, 2.24) is 10.3 Å². The molecule has 3 rings (SSSR count). The summed E-state index contributed by atoms with van der Waals surface area (Å²) in [6, 6.07) is 6.48. The molecule has 1 aliphatic rings. The van der Waals surface area contributed by atoms with Gasteiger partial charge in [-0.15, -0.1) is 11.3 Å². The van der Waals surface area contributed by atoms with E-state index >= 15 is 0 Å². The Hall–Kier alpha value is -1.77. The van der Waals surface area contributed by atoms with E-state index in [1.807, 2.05) is 0 Å². The standard InChI is InChI=1S/C19H25N3O3S2/c1-5-27(24,25)14-8-6-13(7-9-14)10-16(23)21-18-22-17-15(26-18)11-20-19(17,4)12(2)3/h6-9,12,20H,5,10-11H2,1-4H3,(H,21,22,23)/t19-/m0/s1. The minimum Gasteiger partial charge on any atom is -0.302 e. The number of sulfone groups is 1. The summed E-state index contributed by atoms with van der Waals surface area (Å²) in [5.41, 5.74) is 1.61. The fraction of sp³-hybridized carbons (Fsp3) is 0.474. The average molecular weight is 408 g/mol. The van der Waals surface area contributed by atoms with Crippen molar-refractivity contribution in [2.45, 2.75) is 51.1 Å². The minimum absolute atomic E-state index is 0.0612. The SMILES string of the molecule is CCS(=O)(=O)c1ccc(CC(=O)Nc2nc3c(s2)CN[C@@]3(C)C(C)C)cc1. The van der Waals surface area contributed by atoms with Gasteiger partial charge in [-0.3, -0.25) is 4.79 Å². The quantitative estimate of drug-likeness (QED) is 0.768. The first kappa shape index (κ1) is 20.0. The molecular formula is C19H25N3O3S2. The monoisotopic (exact) mass is 407 g/mol. The lowest BCUT2D eigenvalue weighted by Gasteiger charge is -2.28. The highest BCUT2D eigenvalue weighted by molar-refractivity contribution is 7.91. The molecule has 0 aliphatic carbocycles. The molecule has 1 amide bonds. The van der Waals surface area contributed by atoms with E-state index in [1.54, 1.807) is 31.2 Å². The Balaban J connectivity index is 1.67. The van der Waals surface area contributed by atoms with E-state index < -0.39 is 9.84 Å². The number of fused-ring (bicyclic) bond motifs is 1. The Labute approximate surface area is 164 Å². The van der Waals surface area contributed by atoms with Crippen molar-refractivity contribution in [3.63, 3.8) is 0 Å². The topological polar surface area (TPSA) is 88.2 Å². The van der Waals surface area contributed by atoms with Gasteiger partial charge in [-0.2, -0.15) is 0 Å². The maximum atomic E-state index is 12.4. The highest BCUT2D eigenvalue weighted by Gasteiger charge is 2.40. The number of thiazole rings is 1. The Bertz CT molecular complexity index is 949. The molecule has 0 radical (unpaired) electrons. The Morgan fingerprint density at radius 3 is 2.59 bits per heavy atom. The molecule has 2 N–H and O–H groups in total. The number of benzene rings is 1. The lowest BCUT2D eigenvalue weighted by atomic mass is 9.87. The van der Waals surface area contributed by atoms with Crippen LogP contribution in [0.25, 0.3) is 0 Å². The van der Waals surface area contributed by atoms with Crippen LogP contribution in [-0.4, -0.2) is 25.1 Å². The molecule has 1 aromatic carbocycles. The lowest BCUT2D eigenvalue weighted by molar-refractivity contribution is -0.115. The zero-order valence-corrected chi connectivity index (χ0v) is 17.6. The maximum absolute atomic E-state index is 12.4. The van der Waals surface area contributed by atoms with Crippen LogP contribution in [0.3, 0.4) is 0 Å². The molecule has 0 saturated carbocycles. The second-order valence-corrected chi connectivity index (χ2v) is 10.6. The van der Waals surface area contributed by atoms with E-state index in [0.29, 0.717) is 11.0 Å². The van der Waals surface area contributed by atoms with Gasteiger partial charge in [0, 0.05) is 11.4 Å². The van der Waals surface area contributed by atoms with E-state index in [4.69, 9.17) is 0 Å². The van der Waals surface area contributed by atoms with E-state index in [0.717, 1.165) is 22.7 Å². The van der Waals surface area contributed by atoms with Crippen molar-refractivity contribution in [3.05, 3.63) is 40.4 Å². The van der Waals surface area contributed by atoms with E-state index in [-0.39, 0.29) is 28.5 Å². The van der Waals surface area contributed by atoms with Crippen molar-refractivity contribution < 1.29 is 13.2 Å². The van der Waals surface area contributed by atoms with E-state index in [1.165, 1.54) is 11.3 Å². The van der Waals surface area contributed by atoms with Gasteiger partial charge in [0.1, 0.15) is 0 Å². The molecular weight excluding hydrogens is 382 g/mol. The van der Waals surface area contributed by atoms with Crippen molar-refractivity contribution in [1.29, 1.82) is 0 Å². The van der Waals surface area contributed by atoms with E-state index in [2.05, 4.69) is 36.4 Å². The van der Waals surface area contributed by atoms with Crippen LogP contribution in [0.15, 0.2) is 29.2 Å². The summed E-state index contributed by atoms with van der Waals surface area (Å²) in [7, 11) is -3.22. The third-order valence-corrected chi connectivity index (χ3v) is 7.95. The molecule has 2 aromatic rings. The van der Waals surface area contributed by atoms with Crippen molar-refractivity contribution in [2.24, 2.45) is 5.92 Å². The molecule has 0 fully saturated rings. The smallest absolute Gasteiger partial charge is 0.230 e. The van der Waals surface area contributed by atoms with Crippen molar-refractivity contribution in [2.75, 3.05) is 11.1 Å². The summed E-state index contributed by atoms with van der Waals surface area (Å²) >= 11 is 1.50. The summed E-state index contributed by atoms with van der Waals surface area (Å²) in [6.07, 6.45) is 0.177. The predicted molar refractivity (Wildman–Crippen MR) is 108 cm³/mol. The third-order valence-electron chi connectivity index (χ3n) is 5.23. The summed E-state index contributed by atoms with van der Waals surface area (Å²) < 4.78 is 23.7. The molecule has 2 heterocycles. The summed E-state index contributed by atoms with van der Waals surface area (Å²) in [6.45, 7) is 8.83.